The minimum absolute atomic E-state index is 0.189. The molecule has 0 fully saturated rings. The van der Waals surface area contributed by atoms with E-state index in [1.54, 1.807) is 6.07 Å². The normalized spacial score (nSPS) is 9.92. The van der Waals surface area contributed by atoms with Crippen molar-refractivity contribution in [3.8, 4) is 11.5 Å². The highest BCUT2D eigenvalue weighted by atomic mass is 16.3. The Bertz CT molecular complexity index is 316. The average Bonchev–Trinajstić information content (AvgIpc) is 2.06. The number of allylic oxidation sites excluding steroid dienone is 1. The maximum Gasteiger partial charge on any atom is 0.119 e. The second kappa shape index (κ2) is 3.99. The van der Waals surface area contributed by atoms with Gasteiger partial charge in [0.1, 0.15) is 11.5 Å². The van der Waals surface area contributed by atoms with Gasteiger partial charge in [-0.25, -0.2) is 0 Å². The highest BCUT2D eigenvalue weighted by Crippen LogP contribution is 2.23. The molecule has 0 amide bonds. The van der Waals surface area contributed by atoms with Crippen molar-refractivity contribution in [1.29, 1.82) is 0 Å². The molecular weight excluding hydrogens is 164 g/mol. The number of benzene rings is 1. The molecule has 0 saturated heterocycles. The summed E-state index contributed by atoms with van der Waals surface area (Å²) >= 11 is 0. The molecule has 70 valence electrons. The van der Waals surface area contributed by atoms with E-state index in [1.165, 1.54) is 12.1 Å². The first-order valence-corrected chi connectivity index (χ1v) is 4.25. The third-order valence-corrected chi connectivity index (χ3v) is 1.88. The molecule has 0 heterocycles. The van der Waals surface area contributed by atoms with Gasteiger partial charge in [0.05, 0.1) is 0 Å². The highest BCUT2D eigenvalue weighted by molar-refractivity contribution is 5.38. The summed E-state index contributed by atoms with van der Waals surface area (Å²) in [7, 11) is 0. The molecule has 0 spiro atoms. The van der Waals surface area contributed by atoms with E-state index in [-0.39, 0.29) is 11.5 Å². The third-order valence-electron chi connectivity index (χ3n) is 1.88. The Labute approximate surface area is 78.2 Å². The maximum atomic E-state index is 9.41. The number of rotatable bonds is 3. The molecular formula is C11H14O2. The monoisotopic (exact) mass is 178 g/mol. The number of aromatic hydroxyl groups is 2. The summed E-state index contributed by atoms with van der Waals surface area (Å²) in [6, 6.07) is 4.56. The van der Waals surface area contributed by atoms with Gasteiger partial charge < -0.3 is 10.2 Å². The van der Waals surface area contributed by atoms with Crippen LogP contribution in [0.5, 0.6) is 11.5 Å². The van der Waals surface area contributed by atoms with E-state index >= 15 is 0 Å². The Hall–Kier alpha value is -1.44. The topological polar surface area (TPSA) is 40.5 Å². The number of hydrogen-bond acceptors (Lipinski definition) is 2. The van der Waals surface area contributed by atoms with E-state index in [9.17, 15) is 5.11 Å². The second-order valence-electron chi connectivity index (χ2n) is 3.27. The van der Waals surface area contributed by atoms with Gasteiger partial charge >= 0.3 is 0 Å². The van der Waals surface area contributed by atoms with Gasteiger partial charge in [0.2, 0.25) is 0 Å². The molecule has 0 radical (unpaired) electrons. The van der Waals surface area contributed by atoms with Gasteiger partial charge in [0.15, 0.2) is 0 Å². The fourth-order valence-corrected chi connectivity index (χ4v) is 1.12. The van der Waals surface area contributed by atoms with Crippen molar-refractivity contribution in [3.63, 3.8) is 0 Å². The first-order chi connectivity index (χ1) is 6.09. The Morgan fingerprint density at radius 2 is 2.08 bits per heavy atom. The fourth-order valence-electron chi connectivity index (χ4n) is 1.12. The maximum absolute atomic E-state index is 9.41. The minimum atomic E-state index is 0.189. The smallest absolute Gasteiger partial charge is 0.119 e. The SMILES string of the molecule is C=C(C)CCc1cc(O)ccc1O. The van der Waals surface area contributed by atoms with E-state index in [2.05, 4.69) is 6.58 Å². The standard InChI is InChI=1S/C11H14O2/c1-8(2)3-4-9-7-10(12)5-6-11(9)13/h5-7,12-13H,1,3-4H2,2H3. The Morgan fingerprint density at radius 1 is 1.38 bits per heavy atom. The molecule has 0 unspecified atom stereocenters. The van der Waals surface area contributed by atoms with Gasteiger partial charge in [-0.1, -0.05) is 5.57 Å². The first-order valence-electron chi connectivity index (χ1n) is 4.25. The lowest BCUT2D eigenvalue weighted by Gasteiger charge is -2.04. The zero-order valence-electron chi connectivity index (χ0n) is 7.75. The summed E-state index contributed by atoms with van der Waals surface area (Å²) in [5, 5.41) is 18.6. The summed E-state index contributed by atoms with van der Waals surface area (Å²) in [4.78, 5) is 0. The molecule has 0 saturated carbocycles. The number of hydrogen-bond donors (Lipinski definition) is 2. The Morgan fingerprint density at radius 3 is 2.69 bits per heavy atom. The van der Waals surface area contributed by atoms with Crippen LogP contribution in [0, 0.1) is 0 Å². The lowest BCUT2D eigenvalue weighted by molar-refractivity contribution is 0.454. The van der Waals surface area contributed by atoms with Crippen LogP contribution >= 0.6 is 0 Å². The van der Waals surface area contributed by atoms with Crippen LogP contribution in [0.4, 0.5) is 0 Å². The molecule has 1 aromatic rings. The van der Waals surface area contributed by atoms with Crippen LogP contribution < -0.4 is 0 Å². The molecule has 0 aliphatic carbocycles. The highest BCUT2D eigenvalue weighted by Gasteiger charge is 2.01. The van der Waals surface area contributed by atoms with Crippen molar-refractivity contribution in [2.24, 2.45) is 0 Å². The molecule has 0 bridgehead atoms. The molecule has 1 aromatic carbocycles. The third kappa shape index (κ3) is 2.82. The van der Waals surface area contributed by atoms with Crippen LogP contribution in [0.15, 0.2) is 30.4 Å². The quantitative estimate of drug-likeness (QED) is 0.551. The van der Waals surface area contributed by atoms with E-state index in [1.807, 2.05) is 6.92 Å². The summed E-state index contributed by atoms with van der Waals surface area (Å²) in [5.41, 5.74) is 1.84. The minimum Gasteiger partial charge on any atom is -0.508 e. The van der Waals surface area contributed by atoms with Crippen LogP contribution in [-0.4, -0.2) is 10.2 Å². The molecule has 2 N–H and O–H groups in total. The Balaban J connectivity index is 2.75. The van der Waals surface area contributed by atoms with E-state index < -0.39 is 0 Å². The molecule has 0 aliphatic rings. The molecule has 1 rings (SSSR count). The van der Waals surface area contributed by atoms with Crippen LogP contribution in [0.1, 0.15) is 18.9 Å². The lowest BCUT2D eigenvalue weighted by Crippen LogP contribution is -1.86. The Kier molecular flexibility index (Phi) is 2.96. The first kappa shape index (κ1) is 9.65. The summed E-state index contributed by atoms with van der Waals surface area (Å²) < 4.78 is 0. The average molecular weight is 178 g/mol. The summed E-state index contributed by atoms with van der Waals surface area (Å²) in [5.74, 6) is 0.425. The zero-order valence-corrected chi connectivity index (χ0v) is 7.75. The number of phenols is 2. The molecule has 0 aliphatic heterocycles. The molecule has 0 aromatic heterocycles. The molecule has 13 heavy (non-hydrogen) atoms. The van der Waals surface area contributed by atoms with Gasteiger partial charge in [-0.05, 0) is 43.5 Å². The summed E-state index contributed by atoms with van der Waals surface area (Å²) in [6.45, 7) is 5.72. The largest absolute Gasteiger partial charge is 0.508 e. The van der Waals surface area contributed by atoms with Crippen LogP contribution in [0.25, 0.3) is 0 Å². The van der Waals surface area contributed by atoms with E-state index in [0.717, 1.165) is 24.0 Å². The van der Waals surface area contributed by atoms with Crippen molar-refractivity contribution < 1.29 is 10.2 Å². The fraction of sp³-hybridized carbons (Fsp3) is 0.273. The number of phenolic OH excluding ortho intramolecular Hbond substituents is 2. The van der Waals surface area contributed by atoms with Crippen molar-refractivity contribution in [2.75, 3.05) is 0 Å². The predicted molar refractivity (Wildman–Crippen MR) is 52.9 cm³/mol. The number of aryl methyl sites for hydroxylation is 1. The molecule has 0 atom stereocenters. The lowest BCUT2D eigenvalue weighted by atomic mass is 10.1. The second-order valence-corrected chi connectivity index (χ2v) is 3.27. The zero-order chi connectivity index (χ0) is 9.84. The van der Waals surface area contributed by atoms with Gasteiger partial charge in [-0.3, -0.25) is 0 Å². The van der Waals surface area contributed by atoms with Gasteiger partial charge in [-0.2, -0.15) is 0 Å². The van der Waals surface area contributed by atoms with Gasteiger partial charge in [0, 0.05) is 0 Å². The van der Waals surface area contributed by atoms with Crippen molar-refractivity contribution >= 4 is 0 Å². The molecule has 2 heteroatoms. The molecule has 2 nitrogen and oxygen atoms in total. The van der Waals surface area contributed by atoms with E-state index in [4.69, 9.17) is 5.11 Å². The summed E-state index contributed by atoms with van der Waals surface area (Å²) in [6.07, 6.45) is 1.55. The van der Waals surface area contributed by atoms with Crippen LogP contribution in [-0.2, 0) is 6.42 Å². The van der Waals surface area contributed by atoms with Gasteiger partial charge in [-0.15, -0.1) is 6.58 Å². The van der Waals surface area contributed by atoms with Gasteiger partial charge in [0.25, 0.3) is 0 Å². The van der Waals surface area contributed by atoms with Crippen LogP contribution in [0.2, 0.25) is 0 Å². The van der Waals surface area contributed by atoms with Crippen molar-refractivity contribution in [3.05, 3.63) is 35.9 Å². The van der Waals surface area contributed by atoms with Crippen LogP contribution in [0.3, 0.4) is 0 Å². The van der Waals surface area contributed by atoms with Crippen molar-refractivity contribution in [1.82, 2.24) is 0 Å². The van der Waals surface area contributed by atoms with E-state index in [0.29, 0.717) is 0 Å². The predicted octanol–water partition coefficient (Wildman–Crippen LogP) is 2.61. The van der Waals surface area contributed by atoms with Crippen molar-refractivity contribution in [2.45, 2.75) is 19.8 Å².